The molecule has 0 atom stereocenters. The Hall–Kier alpha value is -2.82. The van der Waals surface area contributed by atoms with Crippen LogP contribution >= 0.6 is 0 Å². The molecule has 0 N–H and O–H groups in total. The van der Waals surface area contributed by atoms with Crippen molar-refractivity contribution in [1.82, 2.24) is 4.90 Å². The van der Waals surface area contributed by atoms with Crippen molar-refractivity contribution in [2.45, 2.75) is 40.3 Å². The number of nitrogens with zero attached hydrogens (tertiary/aromatic N) is 2. The number of carbonyl (C=O) groups is 2. The van der Waals surface area contributed by atoms with Gasteiger partial charge in [0.1, 0.15) is 12.3 Å². The van der Waals surface area contributed by atoms with Crippen LogP contribution in [0, 0.1) is 0 Å². The number of likely N-dealkylation sites (N-methyl/N-ethyl adjacent to an activating group) is 1. The number of ether oxygens (including phenoxy) is 1. The predicted octanol–water partition coefficient (Wildman–Crippen LogP) is 3.88. The Kier molecular flexibility index (Phi) is 7.41. The quantitative estimate of drug-likeness (QED) is 0.711. The van der Waals surface area contributed by atoms with Crippen molar-refractivity contribution in [2.75, 3.05) is 18.0 Å². The highest BCUT2D eigenvalue weighted by Gasteiger charge is 2.22. The van der Waals surface area contributed by atoms with Gasteiger partial charge in [-0.1, -0.05) is 42.5 Å². The van der Waals surface area contributed by atoms with Gasteiger partial charge in [-0.15, -0.1) is 0 Å². The number of carbonyl (C=O) groups excluding carboxylic acids is 2. The van der Waals surface area contributed by atoms with Crippen molar-refractivity contribution in [3.8, 4) is 5.75 Å². The van der Waals surface area contributed by atoms with Gasteiger partial charge in [-0.05, 0) is 38.5 Å². The van der Waals surface area contributed by atoms with Crippen LogP contribution in [0.25, 0.3) is 0 Å². The smallest absolute Gasteiger partial charge is 0.242 e. The summed E-state index contributed by atoms with van der Waals surface area (Å²) in [7, 11) is 0. The van der Waals surface area contributed by atoms with Crippen LogP contribution in [0.5, 0.6) is 5.75 Å². The third-order valence-corrected chi connectivity index (χ3v) is 4.14. The van der Waals surface area contributed by atoms with Crippen LogP contribution in [0.1, 0.15) is 33.3 Å². The normalized spacial score (nSPS) is 10.6. The molecule has 0 aliphatic carbocycles. The number of para-hydroxylation sites is 2. The van der Waals surface area contributed by atoms with Crippen molar-refractivity contribution in [2.24, 2.45) is 0 Å². The maximum Gasteiger partial charge on any atom is 0.242 e. The Morgan fingerprint density at radius 1 is 1.00 bits per heavy atom. The predicted molar refractivity (Wildman–Crippen MR) is 108 cm³/mol. The summed E-state index contributed by atoms with van der Waals surface area (Å²) in [6.07, 6.45) is -0.0270. The van der Waals surface area contributed by atoms with E-state index in [0.29, 0.717) is 24.5 Å². The van der Waals surface area contributed by atoms with Crippen LogP contribution in [-0.4, -0.2) is 35.9 Å². The maximum absolute atomic E-state index is 12.9. The van der Waals surface area contributed by atoms with Gasteiger partial charge in [0.2, 0.25) is 11.8 Å². The van der Waals surface area contributed by atoms with Gasteiger partial charge in [-0.2, -0.15) is 0 Å². The zero-order valence-electron chi connectivity index (χ0n) is 16.5. The third kappa shape index (κ3) is 5.84. The lowest BCUT2D eigenvalue weighted by Crippen LogP contribution is -2.42. The second-order valence-electron chi connectivity index (χ2n) is 6.63. The molecule has 0 spiro atoms. The molecule has 5 heteroatoms. The first-order valence-corrected chi connectivity index (χ1v) is 9.27. The van der Waals surface area contributed by atoms with Gasteiger partial charge in [0.25, 0.3) is 0 Å². The Balaban J connectivity index is 2.20. The molecule has 0 unspecified atom stereocenters. The summed E-state index contributed by atoms with van der Waals surface area (Å²) in [4.78, 5) is 28.4. The SMILES string of the molecule is CCN(Cc1ccccc1)C(=O)CN(C(C)=O)c1ccccc1OC(C)C. The van der Waals surface area contributed by atoms with E-state index in [9.17, 15) is 9.59 Å². The molecule has 0 heterocycles. The minimum atomic E-state index is -0.195. The van der Waals surface area contributed by atoms with Crippen LogP contribution < -0.4 is 9.64 Å². The maximum atomic E-state index is 12.9. The van der Waals surface area contributed by atoms with Gasteiger partial charge in [-0.25, -0.2) is 0 Å². The van der Waals surface area contributed by atoms with Crippen molar-refractivity contribution in [3.05, 3.63) is 60.2 Å². The molecule has 0 saturated carbocycles. The van der Waals surface area contributed by atoms with E-state index in [4.69, 9.17) is 4.74 Å². The van der Waals surface area contributed by atoms with E-state index in [1.165, 1.54) is 11.8 Å². The molecule has 0 bridgehead atoms. The third-order valence-electron chi connectivity index (χ3n) is 4.14. The number of anilines is 1. The number of rotatable bonds is 8. The lowest BCUT2D eigenvalue weighted by molar-refractivity contribution is -0.131. The molecule has 0 aliphatic rings. The molecule has 2 aromatic rings. The standard InChI is InChI=1S/C22H28N2O3/c1-5-23(15-19-11-7-6-8-12-19)22(26)16-24(18(4)25)20-13-9-10-14-21(20)27-17(2)3/h6-14,17H,5,15-16H2,1-4H3. The van der Waals surface area contributed by atoms with Gasteiger partial charge in [0, 0.05) is 20.0 Å². The van der Waals surface area contributed by atoms with Crippen LogP contribution in [0.15, 0.2) is 54.6 Å². The summed E-state index contributed by atoms with van der Waals surface area (Å²) in [5.74, 6) is 0.302. The van der Waals surface area contributed by atoms with E-state index in [-0.39, 0.29) is 24.5 Å². The zero-order valence-corrected chi connectivity index (χ0v) is 16.5. The second kappa shape index (κ2) is 9.76. The zero-order chi connectivity index (χ0) is 19.8. The average molecular weight is 368 g/mol. The fourth-order valence-corrected chi connectivity index (χ4v) is 2.82. The number of amides is 2. The Morgan fingerprint density at radius 2 is 1.63 bits per heavy atom. The lowest BCUT2D eigenvalue weighted by Gasteiger charge is -2.28. The lowest BCUT2D eigenvalue weighted by atomic mass is 10.2. The molecule has 27 heavy (non-hydrogen) atoms. The van der Waals surface area contributed by atoms with Gasteiger partial charge in [0.05, 0.1) is 11.8 Å². The van der Waals surface area contributed by atoms with E-state index in [1.54, 1.807) is 11.0 Å². The number of hydrogen-bond donors (Lipinski definition) is 0. The summed E-state index contributed by atoms with van der Waals surface area (Å²) < 4.78 is 5.82. The highest BCUT2D eigenvalue weighted by Crippen LogP contribution is 2.29. The molecular weight excluding hydrogens is 340 g/mol. The van der Waals surface area contributed by atoms with Crippen molar-refractivity contribution >= 4 is 17.5 Å². The van der Waals surface area contributed by atoms with E-state index >= 15 is 0 Å². The van der Waals surface area contributed by atoms with Crippen molar-refractivity contribution in [1.29, 1.82) is 0 Å². The van der Waals surface area contributed by atoms with Crippen molar-refractivity contribution in [3.63, 3.8) is 0 Å². The summed E-state index contributed by atoms with van der Waals surface area (Å²) in [6.45, 7) is 8.34. The fourth-order valence-electron chi connectivity index (χ4n) is 2.82. The second-order valence-corrected chi connectivity index (χ2v) is 6.63. The fraction of sp³-hybridized carbons (Fsp3) is 0.364. The molecule has 2 aromatic carbocycles. The Bertz CT molecular complexity index is 759. The molecule has 2 amide bonds. The highest BCUT2D eigenvalue weighted by atomic mass is 16.5. The minimum Gasteiger partial charge on any atom is -0.489 e. The topological polar surface area (TPSA) is 49.9 Å². The first-order valence-electron chi connectivity index (χ1n) is 9.27. The summed E-state index contributed by atoms with van der Waals surface area (Å²) in [5.41, 5.74) is 1.67. The molecule has 0 radical (unpaired) electrons. The monoisotopic (exact) mass is 368 g/mol. The highest BCUT2D eigenvalue weighted by molar-refractivity contribution is 5.98. The molecule has 0 aliphatic heterocycles. The Labute approximate surface area is 161 Å². The van der Waals surface area contributed by atoms with E-state index in [2.05, 4.69) is 0 Å². The Morgan fingerprint density at radius 3 is 2.22 bits per heavy atom. The van der Waals surface area contributed by atoms with Crippen LogP contribution in [-0.2, 0) is 16.1 Å². The summed E-state index contributed by atoms with van der Waals surface area (Å²) >= 11 is 0. The summed E-state index contributed by atoms with van der Waals surface area (Å²) in [5, 5.41) is 0. The van der Waals surface area contributed by atoms with Crippen LogP contribution in [0.2, 0.25) is 0 Å². The minimum absolute atomic E-state index is 0.0194. The molecule has 2 rings (SSSR count). The first-order chi connectivity index (χ1) is 12.9. The number of hydrogen-bond acceptors (Lipinski definition) is 3. The number of benzene rings is 2. The molecule has 5 nitrogen and oxygen atoms in total. The van der Waals surface area contributed by atoms with Crippen LogP contribution in [0.3, 0.4) is 0 Å². The van der Waals surface area contributed by atoms with Gasteiger partial charge in [0.15, 0.2) is 0 Å². The van der Waals surface area contributed by atoms with Crippen molar-refractivity contribution < 1.29 is 14.3 Å². The van der Waals surface area contributed by atoms with E-state index < -0.39 is 0 Å². The molecular formula is C22H28N2O3. The average Bonchev–Trinajstić information content (AvgIpc) is 2.65. The molecule has 0 aromatic heterocycles. The van der Waals surface area contributed by atoms with E-state index in [1.807, 2.05) is 69.3 Å². The largest absolute Gasteiger partial charge is 0.489 e. The molecule has 0 fully saturated rings. The summed E-state index contributed by atoms with van der Waals surface area (Å²) in [6, 6.07) is 17.2. The molecule has 0 saturated heterocycles. The first kappa shape index (κ1) is 20.5. The van der Waals surface area contributed by atoms with Gasteiger partial charge >= 0.3 is 0 Å². The van der Waals surface area contributed by atoms with Gasteiger partial charge in [-0.3, -0.25) is 14.5 Å². The molecule has 144 valence electrons. The van der Waals surface area contributed by atoms with Crippen LogP contribution in [0.4, 0.5) is 5.69 Å². The van der Waals surface area contributed by atoms with E-state index in [0.717, 1.165) is 5.56 Å². The van der Waals surface area contributed by atoms with Gasteiger partial charge < -0.3 is 9.64 Å².